The van der Waals surface area contributed by atoms with Crippen LogP contribution in [0, 0.1) is 27.6 Å². The Hall–Kier alpha value is -4.10. The van der Waals surface area contributed by atoms with Crippen LogP contribution in [0.1, 0.15) is 34.2 Å². The molecule has 0 bridgehead atoms. The first kappa shape index (κ1) is 18.7. The Balaban J connectivity index is 2.20. The van der Waals surface area contributed by atoms with Crippen LogP contribution in [0.5, 0.6) is 0 Å². The van der Waals surface area contributed by atoms with E-state index in [0.29, 0.717) is 40.1 Å². The van der Waals surface area contributed by atoms with Gasteiger partial charge in [-0.15, -0.1) is 4.91 Å². The molecule has 28 heavy (non-hydrogen) atoms. The summed E-state index contributed by atoms with van der Waals surface area (Å²) in [6.45, 7) is 1.87. The smallest absolute Gasteiger partial charge is 0.333 e. The summed E-state index contributed by atoms with van der Waals surface area (Å²) in [5, 5.41) is 21.5. The normalized spacial score (nSPS) is 10.1. The maximum absolute atomic E-state index is 12.1. The third kappa shape index (κ3) is 2.95. The topological polar surface area (TPSA) is 112 Å². The van der Waals surface area contributed by atoms with Crippen LogP contribution in [0.2, 0.25) is 0 Å². The van der Waals surface area contributed by atoms with Crippen molar-refractivity contribution >= 4 is 5.91 Å². The van der Waals surface area contributed by atoms with Gasteiger partial charge in [-0.05, 0) is 24.1 Å². The fourth-order valence-electron chi connectivity index (χ4n) is 3.36. The molecule has 0 aliphatic rings. The van der Waals surface area contributed by atoms with Gasteiger partial charge >= 0.3 is 5.91 Å². The van der Waals surface area contributed by atoms with E-state index in [1.807, 2.05) is 6.92 Å². The Morgan fingerprint density at radius 1 is 1.14 bits per heavy atom. The van der Waals surface area contributed by atoms with Gasteiger partial charge in [0.1, 0.15) is 17.8 Å². The molecule has 3 rings (SSSR count). The highest BCUT2D eigenvalue weighted by Gasteiger charge is 2.26. The van der Waals surface area contributed by atoms with Gasteiger partial charge in [-0.1, -0.05) is 31.2 Å². The van der Waals surface area contributed by atoms with Crippen LogP contribution >= 0.6 is 0 Å². The van der Waals surface area contributed by atoms with Gasteiger partial charge in [-0.2, -0.15) is 10.5 Å². The fraction of sp³-hybridized carbons (Fsp3) is 0.143. The van der Waals surface area contributed by atoms with Crippen molar-refractivity contribution in [2.45, 2.75) is 13.3 Å². The molecule has 0 fully saturated rings. The lowest BCUT2D eigenvalue weighted by Crippen LogP contribution is -2.06. The summed E-state index contributed by atoms with van der Waals surface area (Å²) >= 11 is 0. The minimum absolute atomic E-state index is 0.0895. The maximum atomic E-state index is 12.1. The van der Waals surface area contributed by atoms with Crippen LogP contribution in [-0.4, -0.2) is 15.5 Å². The average Bonchev–Trinajstić information content (AvgIpc) is 3.04. The molecule has 0 radical (unpaired) electrons. The Labute approximate surface area is 161 Å². The number of aromatic nitrogens is 2. The predicted molar refractivity (Wildman–Crippen MR) is 103 cm³/mol. The molecule has 0 spiro atoms. The molecule has 0 aliphatic heterocycles. The van der Waals surface area contributed by atoms with Gasteiger partial charge in [0, 0.05) is 35.2 Å². The van der Waals surface area contributed by atoms with Crippen molar-refractivity contribution in [1.82, 2.24) is 9.55 Å². The standard InChI is InChI=1S/C21H15N5O2/c1-3-17-16(12-23)18(20(26(17)2)21(27)25-28)13-6-8-14(9-7-13)19-15(11-22)5-4-10-24-19/h4-10H,3H2,1-2H3. The van der Waals surface area contributed by atoms with Crippen LogP contribution < -0.4 is 0 Å². The number of hydrogen-bond acceptors (Lipinski definition) is 5. The summed E-state index contributed by atoms with van der Waals surface area (Å²) < 4.78 is 1.55. The van der Waals surface area contributed by atoms with Crippen LogP contribution in [0.25, 0.3) is 22.4 Å². The first-order valence-corrected chi connectivity index (χ1v) is 8.52. The van der Waals surface area contributed by atoms with E-state index in [1.54, 1.807) is 54.2 Å². The predicted octanol–water partition coefficient (Wildman–Crippen LogP) is 3.97. The lowest BCUT2D eigenvalue weighted by Gasteiger charge is -2.07. The number of nitroso groups, excluding NO2 is 1. The van der Waals surface area contributed by atoms with E-state index in [1.165, 1.54) is 0 Å². The van der Waals surface area contributed by atoms with E-state index >= 15 is 0 Å². The molecule has 0 atom stereocenters. The second-order valence-corrected chi connectivity index (χ2v) is 6.05. The van der Waals surface area contributed by atoms with Crippen molar-refractivity contribution in [2.24, 2.45) is 12.2 Å². The second-order valence-electron chi connectivity index (χ2n) is 6.05. The van der Waals surface area contributed by atoms with E-state index in [2.05, 4.69) is 22.3 Å². The largest absolute Gasteiger partial charge is 0.342 e. The molecule has 1 aromatic carbocycles. The van der Waals surface area contributed by atoms with E-state index in [-0.39, 0.29) is 5.69 Å². The summed E-state index contributed by atoms with van der Waals surface area (Å²) in [5.41, 5.74) is 3.81. The van der Waals surface area contributed by atoms with Gasteiger partial charge in [-0.25, -0.2) is 0 Å². The molecule has 0 saturated carbocycles. The molecule has 0 N–H and O–H groups in total. The monoisotopic (exact) mass is 369 g/mol. The number of nitriles is 2. The number of carbonyl (C=O) groups is 1. The number of pyridine rings is 1. The zero-order valence-electron chi connectivity index (χ0n) is 15.3. The second kappa shape index (κ2) is 7.65. The Bertz CT molecular complexity index is 1160. The number of rotatable bonds is 4. The molecule has 0 unspecified atom stereocenters. The fourth-order valence-corrected chi connectivity index (χ4v) is 3.36. The van der Waals surface area contributed by atoms with E-state index in [9.17, 15) is 20.2 Å². The van der Waals surface area contributed by atoms with Gasteiger partial charge < -0.3 is 4.57 Å². The van der Waals surface area contributed by atoms with E-state index in [4.69, 9.17) is 0 Å². The maximum Gasteiger partial charge on any atom is 0.333 e. The Morgan fingerprint density at radius 2 is 1.82 bits per heavy atom. The van der Waals surface area contributed by atoms with Crippen molar-refractivity contribution in [3.05, 3.63) is 70.0 Å². The Kier molecular flexibility index (Phi) is 5.10. The number of amides is 1. The molecule has 2 heterocycles. The van der Waals surface area contributed by atoms with Crippen LogP contribution in [-0.2, 0) is 13.5 Å². The minimum atomic E-state index is -0.922. The number of benzene rings is 1. The van der Waals surface area contributed by atoms with Gasteiger partial charge in [0.15, 0.2) is 0 Å². The first-order valence-electron chi connectivity index (χ1n) is 8.52. The third-order valence-electron chi connectivity index (χ3n) is 4.62. The van der Waals surface area contributed by atoms with Crippen LogP contribution in [0.15, 0.2) is 47.8 Å². The zero-order valence-corrected chi connectivity index (χ0v) is 15.3. The highest BCUT2D eigenvalue weighted by Crippen LogP contribution is 2.34. The summed E-state index contributed by atoms with van der Waals surface area (Å²) in [6.07, 6.45) is 2.13. The van der Waals surface area contributed by atoms with Crippen molar-refractivity contribution in [2.75, 3.05) is 0 Å². The number of hydrogen-bond donors (Lipinski definition) is 0. The first-order chi connectivity index (χ1) is 13.6. The molecule has 3 aromatic rings. The quantitative estimate of drug-likeness (QED) is 0.646. The third-order valence-corrected chi connectivity index (χ3v) is 4.62. The lowest BCUT2D eigenvalue weighted by molar-refractivity contribution is 0.0993. The van der Waals surface area contributed by atoms with Gasteiger partial charge in [0.2, 0.25) is 0 Å². The highest BCUT2D eigenvalue weighted by molar-refractivity contribution is 6.02. The molecule has 1 amide bonds. The lowest BCUT2D eigenvalue weighted by atomic mass is 9.97. The molecule has 7 nitrogen and oxygen atoms in total. The van der Waals surface area contributed by atoms with Crippen LogP contribution in [0.4, 0.5) is 0 Å². The highest BCUT2D eigenvalue weighted by atomic mass is 16.3. The molecule has 7 heteroatoms. The average molecular weight is 369 g/mol. The summed E-state index contributed by atoms with van der Waals surface area (Å²) in [7, 11) is 1.64. The summed E-state index contributed by atoms with van der Waals surface area (Å²) in [4.78, 5) is 27.3. The number of nitrogens with zero attached hydrogens (tertiary/aromatic N) is 5. The molecular weight excluding hydrogens is 354 g/mol. The van der Waals surface area contributed by atoms with Crippen molar-refractivity contribution < 1.29 is 4.79 Å². The van der Waals surface area contributed by atoms with Crippen molar-refractivity contribution in [3.8, 4) is 34.5 Å². The molecule has 2 aromatic heterocycles. The van der Waals surface area contributed by atoms with Gasteiger partial charge in [0.05, 0.1) is 16.8 Å². The SMILES string of the molecule is CCc1c(C#N)c(-c2ccc(-c3ncccc3C#N)cc2)c(C(=O)N=O)n1C. The molecule has 0 aliphatic carbocycles. The summed E-state index contributed by atoms with van der Waals surface area (Å²) in [6, 6.07) is 14.6. The molecule has 0 saturated heterocycles. The van der Waals surface area contributed by atoms with Gasteiger partial charge in [-0.3, -0.25) is 9.78 Å². The van der Waals surface area contributed by atoms with Crippen LogP contribution in [0.3, 0.4) is 0 Å². The van der Waals surface area contributed by atoms with E-state index < -0.39 is 5.91 Å². The summed E-state index contributed by atoms with van der Waals surface area (Å²) in [5.74, 6) is -0.922. The minimum Gasteiger partial charge on any atom is -0.342 e. The molecular formula is C21H15N5O2. The molecule has 136 valence electrons. The number of carbonyl (C=O) groups excluding carboxylic acids is 1. The van der Waals surface area contributed by atoms with Crippen molar-refractivity contribution in [1.29, 1.82) is 10.5 Å². The van der Waals surface area contributed by atoms with Gasteiger partial charge in [0.25, 0.3) is 0 Å². The zero-order chi connectivity index (χ0) is 20.3. The van der Waals surface area contributed by atoms with E-state index in [0.717, 1.165) is 5.56 Å². The van der Waals surface area contributed by atoms with Crippen molar-refractivity contribution in [3.63, 3.8) is 0 Å². The Morgan fingerprint density at radius 3 is 2.39 bits per heavy atom.